The van der Waals surface area contributed by atoms with Crippen LogP contribution in [-0.4, -0.2) is 40.1 Å². The first-order chi connectivity index (χ1) is 17.9. The molecule has 0 bridgehead atoms. The van der Waals surface area contributed by atoms with E-state index in [-0.39, 0.29) is 35.6 Å². The van der Waals surface area contributed by atoms with E-state index < -0.39 is 20.0 Å². The van der Waals surface area contributed by atoms with Gasteiger partial charge in [-0.25, -0.2) is 21.1 Å². The van der Waals surface area contributed by atoms with Crippen molar-refractivity contribution < 1.29 is 21.6 Å². The Hall–Kier alpha value is -3.21. The average molecular weight is 556 g/mol. The van der Waals surface area contributed by atoms with E-state index in [1.165, 1.54) is 16.4 Å². The predicted octanol–water partition coefficient (Wildman–Crippen LogP) is 4.59. The molecule has 1 saturated heterocycles. The largest absolute Gasteiger partial charge is 0.326 e. The number of benzene rings is 3. The highest BCUT2D eigenvalue weighted by Gasteiger charge is 2.31. The summed E-state index contributed by atoms with van der Waals surface area (Å²) in [5.41, 5.74) is 4.48. The first-order valence-corrected chi connectivity index (χ1v) is 15.6. The van der Waals surface area contributed by atoms with Gasteiger partial charge in [0, 0.05) is 24.7 Å². The average Bonchev–Trinajstić information content (AvgIpc) is 2.88. The molecule has 0 atom stereocenters. The Balaban J connectivity index is 1.33. The molecular weight excluding hydrogens is 522 g/mol. The summed E-state index contributed by atoms with van der Waals surface area (Å²) in [5.74, 6) is -0.580. The second-order valence-electron chi connectivity index (χ2n) is 9.79. The van der Waals surface area contributed by atoms with Gasteiger partial charge in [0.05, 0.1) is 16.3 Å². The molecule has 1 amide bonds. The van der Waals surface area contributed by atoms with Crippen LogP contribution in [-0.2, 0) is 30.6 Å². The third-order valence-corrected chi connectivity index (χ3v) is 10.1. The minimum atomic E-state index is -3.79. The van der Waals surface area contributed by atoms with Crippen molar-refractivity contribution >= 4 is 37.3 Å². The molecule has 0 aromatic heterocycles. The van der Waals surface area contributed by atoms with E-state index in [0.717, 1.165) is 22.3 Å². The van der Waals surface area contributed by atoms with E-state index in [0.29, 0.717) is 24.2 Å². The number of piperidine rings is 1. The molecule has 4 rings (SSSR count). The van der Waals surface area contributed by atoms with Gasteiger partial charge in [-0.15, -0.1) is 0 Å². The topological polar surface area (TPSA) is 113 Å². The van der Waals surface area contributed by atoms with Gasteiger partial charge < -0.3 is 5.32 Å². The lowest BCUT2D eigenvalue weighted by molar-refractivity contribution is -0.120. The molecule has 0 spiro atoms. The van der Waals surface area contributed by atoms with Gasteiger partial charge in [-0.3, -0.25) is 9.52 Å². The Labute approximate surface area is 225 Å². The zero-order chi connectivity index (χ0) is 27.5. The third kappa shape index (κ3) is 6.61. The zero-order valence-electron chi connectivity index (χ0n) is 21.8. The van der Waals surface area contributed by atoms with Crippen LogP contribution in [0.4, 0.5) is 11.4 Å². The molecule has 3 aromatic carbocycles. The van der Waals surface area contributed by atoms with Crippen LogP contribution < -0.4 is 10.0 Å². The Morgan fingerprint density at radius 2 is 1.53 bits per heavy atom. The number of anilines is 2. The van der Waals surface area contributed by atoms with Crippen molar-refractivity contribution in [3.05, 3.63) is 89.0 Å². The Kier molecular flexibility index (Phi) is 8.25. The molecule has 1 aliphatic rings. The van der Waals surface area contributed by atoms with Gasteiger partial charge in [0.15, 0.2) is 0 Å². The normalized spacial score (nSPS) is 15.2. The number of hydrogen-bond donors (Lipinski definition) is 2. The lowest BCUT2D eigenvalue weighted by Gasteiger charge is -2.30. The lowest BCUT2D eigenvalue weighted by Crippen LogP contribution is -2.41. The number of sulfonamides is 2. The number of nitrogens with zero attached hydrogens (tertiary/aromatic N) is 1. The number of rotatable bonds is 8. The molecule has 1 heterocycles. The predicted molar refractivity (Wildman–Crippen MR) is 150 cm³/mol. The summed E-state index contributed by atoms with van der Waals surface area (Å²) in [7, 11) is -7.26. The second kappa shape index (κ2) is 11.3. The van der Waals surface area contributed by atoms with Crippen molar-refractivity contribution in [2.45, 2.75) is 44.3 Å². The Morgan fingerprint density at radius 3 is 2.18 bits per heavy atom. The zero-order valence-corrected chi connectivity index (χ0v) is 23.4. The van der Waals surface area contributed by atoms with E-state index in [1.807, 2.05) is 57.2 Å². The summed E-state index contributed by atoms with van der Waals surface area (Å²) < 4.78 is 55.6. The van der Waals surface area contributed by atoms with Crippen LogP contribution in [0.1, 0.15) is 35.1 Å². The van der Waals surface area contributed by atoms with Crippen molar-refractivity contribution in [2.75, 3.05) is 23.1 Å². The molecule has 38 heavy (non-hydrogen) atoms. The second-order valence-corrected chi connectivity index (χ2v) is 13.4. The van der Waals surface area contributed by atoms with E-state index in [9.17, 15) is 21.6 Å². The number of carbonyl (C=O) groups excluding carboxylic acids is 1. The maximum absolute atomic E-state index is 12.9. The van der Waals surface area contributed by atoms with Crippen molar-refractivity contribution in [3.8, 4) is 0 Å². The molecule has 2 N–H and O–H groups in total. The van der Waals surface area contributed by atoms with Crippen LogP contribution in [0.3, 0.4) is 0 Å². The monoisotopic (exact) mass is 555 g/mol. The maximum Gasteiger partial charge on any atom is 0.261 e. The Morgan fingerprint density at radius 1 is 0.868 bits per heavy atom. The fraction of sp³-hybridized carbons (Fsp3) is 0.321. The minimum absolute atomic E-state index is 0.0515. The van der Waals surface area contributed by atoms with Gasteiger partial charge in [0.1, 0.15) is 0 Å². The fourth-order valence-electron chi connectivity index (χ4n) is 4.47. The molecule has 10 heteroatoms. The van der Waals surface area contributed by atoms with Crippen molar-refractivity contribution in [1.29, 1.82) is 0 Å². The van der Waals surface area contributed by atoms with Crippen molar-refractivity contribution in [3.63, 3.8) is 0 Å². The maximum atomic E-state index is 12.9. The third-order valence-electron chi connectivity index (χ3n) is 6.89. The summed E-state index contributed by atoms with van der Waals surface area (Å²) in [5, 5.41) is 2.84. The molecule has 202 valence electrons. The number of amides is 1. The van der Waals surface area contributed by atoms with Gasteiger partial charge in [-0.05, 0) is 86.2 Å². The highest BCUT2D eigenvalue weighted by atomic mass is 32.2. The molecule has 8 nitrogen and oxygen atoms in total. The number of carbonyl (C=O) groups is 1. The van der Waals surface area contributed by atoms with Gasteiger partial charge in [0.2, 0.25) is 15.9 Å². The van der Waals surface area contributed by atoms with E-state index >= 15 is 0 Å². The highest BCUT2D eigenvalue weighted by Crippen LogP contribution is 2.25. The van der Waals surface area contributed by atoms with Crippen LogP contribution in [0.5, 0.6) is 0 Å². The van der Waals surface area contributed by atoms with Gasteiger partial charge in [0.25, 0.3) is 10.0 Å². The van der Waals surface area contributed by atoms with Gasteiger partial charge >= 0.3 is 0 Å². The molecular formula is C28H33N3O5S2. The molecule has 0 unspecified atom stereocenters. The van der Waals surface area contributed by atoms with Crippen LogP contribution in [0.2, 0.25) is 0 Å². The van der Waals surface area contributed by atoms with Crippen molar-refractivity contribution in [2.24, 2.45) is 5.92 Å². The SMILES string of the molecule is Cc1ccc(C)c(NS(=O)(=O)c2ccc(NC(=O)C3CCN(S(=O)(=O)Cc4ccccc4C)CC3)cc2)c1. The van der Waals surface area contributed by atoms with E-state index in [4.69, 9.17) is 0 Å². The summed E-state index contributed by atoms with van der Waals surface area (Å²) in [6, 6.07) is 19.0. The minimum Gasteiger partial charge on any atom is -0.326 e. The summed E-state index contributed by atoms with van der Waals surface area (Å²) >= 11 is 0. The van der Waals surface area contributed by atoms with E-state index in [1.54, 1.807) is 18.2 Å². The van der Waals surface area contributed by atoms with Crippen LogP contribution >= 0.6 is 0 Å². The smallest absolute Gasteiger partial charge is 0.261 e. The van der Waals surface area contributed by atoms with E-state index in [2.05, 4.69) is 10.0 Å². The lowest BCUT2D eigenvalue weighted by atomic mass is 9.97. The first kappa shape index (κ1) is 27.8. The summed E-state index contributed by atoms with van der Waals surface area (Å²) in [4.78, 5) is 12.9. The summed E-state index contributed by atoms with van der Waals surface area (Å²) in [6.45, 7) is 6.19. The molecule has 0 aliphatic carbocycles. The molecule has 0 saturated carbocycles. The van der Waals surface area contributed by atoms with Gasteiger partial charge in [-0.2, -0.15) is 0 Å². The van der Waals surface area contributed by atoms with Crippen LogP contribution in [0, 0.1) is 26.7 Å². The molecule has 1 aliphatic heterocycles. The number of aryl methyl sites for hydroxylation is 3. The van der Waals surface area contributed by atoms with Gasteiger partial charge in [-0.1, -0.05) is 36.4 Å². The van der Waals surface area contributed by atoms with Crippen molar-refractivity contribution in [1.82, 2.24) is 4.31 Å². The first-order valence-electron chi connectivity index (χ1n) is 12.5. The highest BCUT2D eigenvalue weighted by molar-refractivity contribution is 7.92. The number of nitrogens with one attached hydrogen (secondary N) is 2. The Bertz CT molecular complexity index is 1530. The molecule has 3 aromatic rings. The fourth-order valence-corrected chi connectivity index (χ4v) is 7.26. The standard InChI is InChI=1S/C28H33N3O5S2/c1-20-8-9-22(3)27(18-20)30-38(35,36)26-12-10-25(11-13-26)29-28(32)23-14-16-31(17-15-23)37(33,34)19-24-7-5-4-6-21(24)2/h4-13,18,23,30H,14-17,19H2,1-3H3,(H,29,32). The van der Waals surface area contributed by atoms with Crippen LogP contribution in [0.15, 0.2) is 71.6 Å². The van der Waals surface area contributed by atoms with Crippen LogP contribution in [0.25, 0.3) is 0 Å². The quantitative estimate of drug-likeness (QED) is 0.422. The molecule has 1 fully saturated rings. The number of hydrogen-bond acceptors (Lipinski definition) is 5. The molecule has 0 radical (unpaired) electrons. The summed E-state index contributed by atoms with van der Waals surface area (Å²) in [6.07, 6.45) is 0.843.